The van der Waals surface area contributed by atoms with Gasteiger partial charge in [-0.25, -0.2) is 0 Å². The van der Waals surface area contributed by atoms with Crippen molar-refractivity contribution in [2.24, 2.45) is 5.92 Å². The fourth-order valence-electron chi connectivity index (χ4n) is 2.00. The van der Waals surface area contributed by atoms with Gasteiger partial charge in [-0.05, 0) is 26.0 Å². The highest BCUT2D eigenvalue weighted by molar-refractivity contribution is 8.01. The summed E-state index contributed by atoms with van der Waals surface area (Å²) >= 11 is 1.23. The number of thioether (sulfide) groups is 1. The van der Waals surface area contributed by atoms with Crippen LogP contribution in [0, 0.1) is 12.8 Å². The summed E-state index contributed by atoms with van der Waals surface area (Å²) < 4.78 is 0. The first-order valence-corrected chi connectivity index (χ1v) is 8.71. The van der Waals surface area contributed by atoms with Crippen molar-refractivity contribution in [3.8, 4) is 0 Å². The first kappa shape index (κ1) is 20.0. The van der Waals surface area contributed by atoms with Crippen molar-refractivity contribution in [2.75, 3.05) is 24.7 Å². The number of aliphatic carboxylic acids is 1. The Morgan fingerprint density at radius 3 is 2.33 bits per heavy atom. The minimum absolute atomic E-state index is 0.147. The zero-order valence-corrected chi connectivity index (χ0v) is 15.2. The second-order valence-electron chi connectivity index (χ2n) is 5.83. The molecule has 0 aliphatic carbocycles. The summed E-state index contributed by atoms with van der Waals surface area (Å²) in [5.41, 5.74) is 1.83. The lowest BCUT2D eigenvalue weighted by Crippen LogP contribution is -2.38. The summed E-state index contributed by atoms with van der Waals surface area (Å²) in [5.74, 6) is -1.77. The van der Waals surface area contributed by atoms with E-state index in [4.69, 9.17) is 5.11 Å². The Morgan fingerprint density at radius 1 is 1.21 bits per heavy atom. The Kier molecular flexibility index (Phi) is 7.78. The zero-order valence-electron chi connectivity index (χ0n) is 14.4. The first-order valence-electron chi connectivity index (χ1n) is 7.66. The maximum absolute atomic E-state index is 12.2. The molecule has 0 bridgehead atoms. The molecular formula is C17H24N2O4S. The number of carboxylic acids is 1. The molecule has 0 radical (unpaired) electrons. The number of rotatable bonds is 8. The van der Waals surface area contributed by atoms with Crippen molar-refractivity contribution >= 4 is 35.2 Å². The summed E-state index contributed by atoms with van der Waals surface area (Å²) in [5, 5.41) is 11.2. The number of carboxylic acid groups (broad SMARTS) is 1. The topological polar surface area (TPSA) is 86.7 Å². The van der Waals surface area contributed by atoms with Crippen LogP contribution in [-0.4, -0.2) is 52.4 Å². The fraction of sp³-hybridized carbons (Fsp3) is 0.471. The molecule has 0 aliphatic rings. The highest BCUT2D eigenvalue weighted by atomic mass is 32.2. The van der Waals surface area contributed by atoms with Gasteiger partial charge >= 0.3 is 5.97 Å². The highest BCUT2D eigenvalue weighted by Gasteiger charge is 2.22. The van der Waals surface area contributed by atoms with E-state index in [1.807, 2.05) is 31.2 Å². The number of carbonyl (C=O) groups is 3. The predicted molar refractivity (Wildman–Crippen MR) is 96.2 cm³/mol. The quantitative estimate of drug-likeness (QED) is 0.749. The van der Waals surface area contributed by atoms with Gasteiger partial charge in [0.1, 0.15) is 0 Å². The van der Waals surface area contributed by atoms with Crippen LogP contribution >= 0.6 is 11.8 Å². The number of hydrogen-bond acceptors (Lipinski definition) is 4. The van der Waals surface area contributed by atoms with Crippen molar-refractivity contribution in [3.63, 3.8) is 0 Å². The van der Waals surface area contributed by atoms with E-state index in [-0.39, 0.29) is 24.1 Å². The maximum atomic E-state index is 12.2. The van der Waals surface area contributed by atoms with Gasteiger partial charge in [-0.15, -0.1) is 11.8 Å². The van der Waals surface area contributed by atoms with Gasteiger partial charge in [0.05, 0.1) is 16.9 Å². The number of hydrogen-bond donors (Lipinski definition) is 2. The van der Waals surface area contributed by atoms with E-state index in [2.05, 4.69) is 5.32 Å². The van der Waals surface area contributed by atoms with E-state index in [1.165, 1.54) is 16.7 Å². The summed E-state index contributed by atoms with van der Waals surface area (Å²) in [6, 6.07) is 7.47. The molecule has 0 heterocycles. The van der Waals surface area contributed by atoms with Gasteiger partial charge in [-0.2, -0.15) is 0 Å². The second kappa shape index (κ2) is 9.32. The molecule has 6 nitrogen and oxygen atoms in total. The third kappa shape index (κ3) is 6.62. The molecule has 2 amide bonds. The lowest BCUT2D eigenvalue weighted by atomic mass is 10.2. The van der Waals surface area contributed by atoms with Crippen molar-refractivity contribution in [2.45, 2.75) is 26.0 Å². The van der Waals surface area contributed by atoms with Crippen LogP contribution in [0.2, 0.25) is 0 Å². The molecule has 24 heavy (non-hydrogen) atoms. The van der Waals surface area contributed by atoms with Gasteiger partial charge in [0.15, 0.2) is 0 Å². The van der Waals surface area contributed by atoms with E-state index in [0.29, 0.717) is 0 Å². The van der Waals surface area contributed by atoms with Crippen LogP contribution in [0.4, 0.5) is 5.69 Å². The molecule has 0 fully saturated rings. The third-order valence-corrected chi connectivity index (χ3v) is 4.62. The van der Waals surface area contributed by atoms with E-state index in [0.717, 1.165) is 11.3 Å². The molecule has 2 atom stereocenters. The van der Waals surface area contributed by atoms with Crippen LogP contribution in [-0.2, 0) is 14.4 Å². The number of amides is 2. The van der Waals surface area contributed by atoms with Gasteiger partial charge in [0.2, 0.25) is 11.8 Å². The van der Waals surface area contributed by atoms with Crippen LogP contribution in [0.25, 0.3) is 0 Å². The standard InChI is InChI=1S/C17H24N2O4S/c1-11-5-7-14(8-6-11)18-15(20)10-24-13(3)16(21)19(4)9-12(2)17(22)23/h5-8,12-13H,9-10H2,1-4H3,(H,18,20)(H,22,23). The van der Waals surface area contributed by atoms with Gasteiger partial charge in [0, 0.05) is 19.3 Å². The number of nitrogens with one attached hydrogen (secondary N) is 1. The third-order valence-electron chi connectivity index (χ3n) is 3.49. The Hall–Kier alpha value is -2.02. The van der Waals surface area contributed by atoms with Gasteiger partial charge < -0.3 is 15.3 Å². The number of aryl methyl sites for hydroxylation is 1. The van der Waals surface area contributed by atoms with Crippen molar-refractivity contribution in [1.29, 1.82) is 0 Å². The minimum Gasteiger partial charge on any atom is -0.481 e. The highest BCUT2D eigenvalue weighted by Crippen LogP contribution is 2.15. The molecule has 2 N–H and O–H groups in total. The van der Waals surface area contributed by atoms with E-state index < -0.39 is 17.1 Å². The molecule has 0 aromatic heterocycles. The Morgan fingerprint density at radius 2 is 1.79 bits per heavy atom. The number of anilines is 1. The van der Waals surface area contributed by atoms with Crippen LogP contribution in [0.15, 0.2) is 24.3 Å². The summed E-state index contributed by atoms with van der Waals surface area (Å²) in [6.07, 6.45) is 0. The average molecular weight is 352 g/mol. The van der Waals surface area contributed by atoms with Crippen molar-refractivity contribution in [1.82, 2.24) is 4.90 Å². The fourth-order valence-corrected chi connectivity index (χ4v) is 2.79. The molecule has 1 aromatic rings. The van der Waals surface area contributed by atoms with Crippen LogP contribution in [0.3, 0.4) is 0 Å². The summed E-state index contributed by atoms with van der Waals surface area (Å²) in [4.78, 5) is 36.4. The molecule has 2 unspecified atom stereocenters. The van der Waals surface area contributed by atoms with Gasteiger partial charge in [-0.3, -0.25) is 14.4 Å². The SMILES string of the molecule is Cc1ccc(NC(=O)CSC(C)C(=O)N(C)CC(C)C(=O)O)cc1. The molecule has 0 aliphatic heterocycles. The van der Waals surface area contributed by atoms with E-state index >= 15 is 0 Å². The molecule has 0 saturated carbocycles. The number of carbonyl (C=O) groups excluding carboxylic acids is 2. The molecule has 1 rings (SSSR count). The molecule has 7 heteroatoms. The lowest BCUT2D eigenvalue weighted by molar-refractivity contribution is -0.142. The molecule has 1 aromatic carbocycles. The number of benzene rings is 1. The smallest absolute Gasteiger partial charge is 0.308 e. The molecule has 0 spiro atoms. The van der Waals surface area contributed by atoms with Crippen LogP contribution < -0.4 is 5.32 Å². The molecule has 132 valence electrons. The van der Waals surface area contributed by atoms with Crippen molar-refractivity contribution < 1.29 is 19.5 Å². The summed E-state index contributed by atoms with van der Waals surface area (Å²) in [7, 11) is 1.57. The lowest BCUT2D eigenvalue weighted by Gasteiger charge is -2.22. The van der Waals surface area contributed by atoms with Gasteiger partial charge in [0.25, 0.3) is 0 Å². The van der Waals surface area contributed by atoms with Crippen LogP contribution in [0.5, 0.6) is 0 Å². The molecule has 0 saturated heterocycles. The first-order chi connectivity index (χ1) is 11.2. The average Bonchev–Trinajstić information content (AvgIpc) is 2.53. The zero-order chi connectivity index (χ0) is 18.3. The van der Waals surface area contributed by atoms with Crippen molar-refractivity contribution in [3.05, 3.63) is 29.8 Å². The van der Waals surface area contributed by atoms with Gasteiger partial charge in [-0.1, -0.05) is 24.6 Å². The second-order valence-corrected chi connectivity index (χ2v) is 7.15. The summed E-state index contributed by atoms with van der Waals surface area (Å²) in [6.45, 7) is 5.39. The van der Waals surface area contributed by atoms with E-state index in [9.17, 15) is 14.4 Å². The minimum atomic E-state index is -0.938. The van der Waals surface area contributed by atoms with E-state index in [1.54, 1.807) is 20.9 Å². The largest absolute Gasteiger partial charge is 0.481 e. The normalized spacial score (nSPS) is 13.0. The maximum Gasteiger partial charge on any atom is 0.308 e. The molecular weight excluding hydrogens is 328 g/mol. The predicted octanol–water partition coefficient (Wildman–Crippen LogP) is 2.23. The van der Waals surface area contributed by atoms with Crippen LogP contribution in [0.1, 0.15) is 19.4 Å². The Bertz CT molecular complexity index is 589. The Balaban J connectivity index is 2.42. The Labute approximate surface area is 146 Å². The number of nitrogens with zero attached hydrogens (tertiary/aromatic N) is 1. The monoisotopic (exact) mass is 352 g/mol.